The normalized spacial score (nSPS) is 12.2. The van der Waals surface area contributed by atoms with Gasteiger partial charge in [0.15, 0.2) is 0 Å². The van der Waals surface area contributed by atoms with E-state index in [4.69, 9.17) is 9.97 Å². The van der Waals surface area contributed by atoms with Crippen LogP contribution >= 0.6 is 0 Å². The first-order chi connectivity index (χ1) is 31.3. The molecule has 330 valence electrons. The summed E-state index contributed by atoms with van der Waals surface area (Å²) in [6.45, 7) is 24.3. The van der Waals surface area contributed by atoms with Crippen molar-refractivity contribution in [1.29, 1.82) is 0 Å². The highest BCUT2D eigenvalue weighted by Gasteiger charge is 2.30. The van der Waals surface area contributed by atoms with Crippen LogP contribution in [0.2, 0.25) is 0 Å². The second kappa shape index (κ2) is 16.7. The van der Waals surface area contributed by atoms with Crippen LogP contribution in [0.3, 0.4) is 0 Å². The van der Waals surface area contributed by atoms with E-state index in [-0.39, 0.29) is 22.0 Å². The third-order valence-electron chi connectivity index (χ3n) is 13.0. The van der Waals surface area contributed by atoms with E-state index in [0.29, 0.717) is 11.4 Å². The van der Waals surface area contributed by atoms with E-state index in [2.05, 4.69) is 238 Å². The van der Waals surface area contributed by atoms with E-state index in [1.165, 1.54) is 16.7 Å². The Kier molecular flexibility index (Phi) is 11.2. The molecule has 0 saturated carbocycles. The quantitative estimate of drug-likeness (QED) is 0.174. The van der Waals surface area contributed by atoms with E-state index in [1.54, 1.807) is 0 Å². The van der Waals surface area contributed by atoms with Crippen molar-refractivity contribution < 1.29 is 5.11 Å². The van der Waals surface area contributed by atoms with Crippen molar-refractivity contribution in [3.63, 3.8) is 0 Å². The fourth-order valence-corrected chi connectivity index (χ4v) is 9.10. The molecule has 7 aromatic carbocycles. The molecule has 0 aliphatic carbocycles. The van der Waals surface area contributed by atoms with E-state index < -0.39 is 0 Å². The van der Waals surface area contributed by atoms with E-state index in [0.717, 1.165) is 83.6 Å². The minimum atomic E-state index is -0.337. The lowest BCUT2D eigenvalue weighted by atomic mass is 9.79. The molecule has 0 amide bonds. The van der Waals surface area contributed by atoms with Crippen molar-refractivity contribution in [2.75, 3.05) is 0 Å². The Morgan fingerprint density at radius 3 is 1.71 bits per heavy atom. The molecule has 2 heterocycles. The minimum Gasteiger partial charge on any atom is -0.507 e. The Morgan fingerprint density at radius 1 is 0.455 bits per heavy atom. The van der Waals surface area contributed by atoms with Crippen molar-refractivity contribution in [1.82, 2.24) is 14.5 Å². The fourth-order valence-electron chi connectivity index (χ4n) is 9.10. The number of nitrogens with zero attached hydrogens (tertiary/aromatic N) is 3. The second-order valence-corrected chi connectivity index (χ2v) is 21.1. The molecule has 0 radical (unpaired) electrons. The first-order valence-electron chi connectivity index (χ1n) is 23.2. The molecule has 0 unspecified atom stereocenters. The zero-order valence-electron chi connectivity index (χ0n) is 40.4. The van der Waals surface area contributed by atoms with Gasteiger partial charge in [0.05, 0.1) is 28.0 Å². The first kappa shape index (κ1) is 44.2. The topological polar surface area (TPSA) is 50.9 Å². The van der Waals surface area contributed by atoms with Crippen molar-refractivity contribution in [3.8, 4) is 78.6 Å². The predicted molar refractivity (Wildman–Crippen MR) is 279 cm³/mol. The van der Waals surface area contributed by atoms with Gasteiger partial charge in [0, 0.05) is 28.5 Å². The fraction of sp³-hybridized carbons (Fsp3) is 0.226. The first-order valence-corrected chi connectivity index (χ1v) is 23.2. The molecule has 0 aliphatic heterocycles. The molecule has 2 aromatic heterocycles. The van der Waals surface area contributed by atoms with Gasteiger partial charge in [-0.15, -0.1) is 0 Å². The summed E-state index contributed by atoms with van der Waals surface area (Å²) in [6.07, 6.45) is 1.92. The number of phenolic OH excluding ortho intramolecular Hbond substituents is 1. The molecular weight excluding hydrogens is 803 g/mol. The van der Waals surface area contributed by atoms with Gasteiger partial charge >= 0.3 is 0 Å². The highest BCUT2D eigenvalue weighted by atomic mass is 16.3. The highest BCUT2D eigenvalue weighted by Crippen LogP contribution is 2.47. The van der Waals surface area contributed by atoms with Gasteiger partial charge in [-0.05, 0) is 129 Å². The number of fused-ring (bicyclic) bond motifs is 1. The monoisotopic (exact) mass is 863 g/mol. The average Bonchev–Trinajstić information content (AvgIpc) is 3.68. The van der Waals surface area contributed by atoms with Crippen LogP contribution in [-0.4, -0.2) is 19.6 Å². The van der Waals surface area contributed by atoms with Gasteiger partial charge in [0.25, 0.3) is 0 Å². The lowest BCUT2D eigenvalue weighted by Crippen LogP contribution is -2.17. The molecule has 1 N–H and O–H groups in total. The number of hydrogen-bond acceptors (Lipinski definition) is 3. The largest absolute Gasteiger partial charge is 0.507 e. The zero-order chi connectivity index (χ0) is 46.7. The molecule has 0 atom stereocenters. The van der Waals surface area contributed by atoms with Crippen LogP contribution < -0.4 is 0 Å². The van der Waals surface area contributed by atoms with Gasteiger partial charge in [-0.25, -0.2) is 4.98 Å². The summed E-state index contributed by atoms with van der Waals surface area (Å²) in [5, 5.41) is 12.7. The predicted octanol–water partition coefficient (Wildman–Crippen LogP) is 16.6. The van der Waals surface area contributed by atoms with Crippen LogP contribution in [0.4, 0.5) is 0 Å². The molecule has 4 nitrogen and oxygen atoms in total. The van der Waals surface area contributed by atoms with Crippen molar-refractivity contribution in [3.05, 3.63) is 192 Å². The summed E-state index contributed by atoms with van der Waals surface area (Å²) >= 11 is 0. The number of benzene rings is 7. The van der Waals surface area contributed by atoms with Gasteiger partial charge in [0.1, 0.15) is 11.6 Å². The number of phenols is 1. The molecule has 0 bridgehead atoms. The Bertz CT molecular complexity index is 3250. The number of aromatic hydroxyl groups is 1. The Balaban J connectivity index is 1.38. The molecule has 0 aliphatic rings. The molecule has 9 rings (SSSR count). The maximum atomic E-state index is 12.7. The van der Waals surface area contributed by atoms with Gasteiger partial charge in [-0.1, -0.05) is 177 Å². The smallest absolute Gasteiger partial charge is 0.149 e. The molecule has 0 saturated heterocycles. The zero-order valence-corrected chi connectivity index (χ0v) is 40.4. The second-order valence-electron chi connectivity index (χ2n) is 21.1. The van der Waals surface area contributed by atoms with Crippen LogP contribution in [0, 0.1) is 13.8 Å². The molecule has 66 heavy (non-hydrogen) atoms. The van der Waals surface area contributed by atoms with Crippen LogP contribution in [0.1, 0.15) is 90.1 Å². The Morgan fingerprint density at radius 2 is 1.08 bits per heavy atom. The van der Waals surface area contributed by atoms with Crippen LogP contribution in [0.15, 0.2) is 164 Å². The van der Waals surface area contributed by atoms with E-state index in [1.807, 2.05) is 6.20 Å². The number of pyridine rings is 1. The average molecular weight is 864 g/mol. The highest BCUT2D eigenvalue weighted by molar-refractivity contribution is 5.98. The van der Waals surface area contributed by atoms with Crippen molar-refractivity contribution in [2.45, 2.75) is 92.4 Å². The molecule has 0 fully saturated rings. The van der Waals surface area contributed by atoms with Crippen molar-refractivity contribution in [2.24, 2.45) is 0 Å². The van der Waals surface area contributed by atoms with Crippen molar-refractivity contribution >= 4 is 11.0 Å². The van der Waals surface area contributed by atoms with Gasteiger partial charge in [0.2, 0.25) is 0 Å². The van der Waals surface area contributed by atoms with E-state index >= 15 is 0 Å². The summed E-state index contributed by atoms with van der Waals surface area (Å²) in [6, 6.07) is 56.6. The van der Waals surface area contributed by atoms with Crippen LogP contribution in [0.5, 0.6) is 5.75 Å². The molecule has 4 heteroatoms. The standard InChI is InChI=1S/C62H61N3O/c1-39-25-27-41(28-26-39)44-29-30-63-54(35-44)46-32-45(33-47(34-46)60(3,4)5)49-23-18-24-55-57(49)64-59(52-36-48(61(6,7)8)37-53(58(52)66)62(9,10)11)65(55)56-38-50(42-19-14-12-15-20-42)40(2)31-51(56)43-21-16-13-17-22-43/h12-38,66H,1-11H3. The van der Waals surface area contributed by atoms with Crippen LogP contribution in [-0.2, 0) is 16.2 Å². The lowest BCUT2D eigenvalue weighted by Gasteiger charge is -2.28. The lowest BCUT2D eigenvalue weighted by molar-refractivity contribution is 0.446. The summed E-state index contributed by atoms with van der Waals surface area (Å²) in [5.74, 6) is 0.938. The Hall–Kier alpha value is -7.04. The van der Waals surface area contributed by atoms with E-state index in [9.17, 15) is 5.11 Å². The van der Waals surface area contributed by atoms with Crippen LogP contribution in [0.25, 0.3) is 83.9 Å². The summed E-state index contributed by atoms with van der Waals surface area (Å²) < 4.78 is 2.31. The number of imidazole rings is 1. The molecule has 0 spiro atoms. The van der Waals surface area contributed by atoms with Gasteiger partial charge in [-0.2, -0.15) is 0 Å². The third-order valence-corrected chi connectivity index (χ3v) is 13.0. The number of aromatic nitrogens is 3. The number of aryl methyl sites for hydroxylation is 2. The summed E-state index contributed by atoms with van der Waals surface area (Å²) in [5.41, 5.74) is 19.2. The number of rotatable bonds is 7. The number of hydrogen-bond donors (Lipinski definition) is 1. The molecular formula is C62H61N3O. The SMILES string of the molecule is Cc1ccc(-c2ccnc(-c3cc(-c4cccc5c4nc(-c4cc(C(C)(C)C)cc(C(C)(C)C)c4O)n5-c4cc(-c5ccccc5)c(C)cc4-c4ccccc4)cc(C(C)(C)C)c3)c2)cc1. The van der Waals surface area contributed by atoms with Gasteiger partial charge in [-0.3, -0.25) is 9.55 Å². The minimum absolute atomic E-state index is 0.152. The third kappa shape index (κ3) is 8.49. The van der Waals surface area contributed by atoms with Gasteiger partial charge < -0.3 is 5.11 Å². The number of para-hydroxylation sites is 1. The maximum absolute atomic E-state index is 12.7. The molecule has 9 aromatic rings. The maximum Gasteiger partial charge on any atom is 0.149 e. The summed E-state index contributed by atoms with van der Waals surface area (Å²) in [4.78, 5) is 10.7. The summed E-state index contributed by atoms with van der Waals surface area (Å²) in [7, 11) is 0. The Labute approximate surface area is 391 Å².